The Bertz CT molecular complexity index is 413. The lowest BCUT2D eigenvalue weighted by Crippen LogP contribution is -2.17. The van der Waals surface area contributed by atoms with Crippen LogP contribution in [0.25, 0.3) is 0 Å². The van der Waals surface area contributed by atoms with Crippen molar-refractivity contribution in [3.63, 3.8) is 0 Å². The van der Waals surface area contributed by atoms with E-state index >= 15 is 0 Å². The highest BCUT2D eigenvalue weighted by atomic mass is 35.5. The van der Waals surface area contributed by atoms with Crippen molar-refractivity contribution >= 4 is 12.4 Å². The fourth-order valence-corrected chi connectivity index (χ4v) is 1.73. The Morgan fingerprint density at radius 2 is 1.41 bits per heavy atom. The van der Waals surface area contributed by atoms with E-state index in [1.165, 1.54) is 11.1 Å². The molecule has 2 aromatic rings. The lowest BCUT2D eigenvalue weighted by molar-refractivity contribution is 0.575. The molecule has 2 heteroatoms. The molecule has 0 saturated carbocycles. The fourth-order valence-electron chi connectivity index (χ4n) is 1.73. The molecule has 0 amide bonds. The van der Waals surface area contributed by atoms with Gasteiger partial charge in [-0.15, -0.1) is 12.4 Å². The van der Waals surface area contributed by atoms with E-state index in [1.54, 1.807) is 0 Å². The number of halogens is 1. The third kappa shape index (κ3) is 4.22. The molecule has 0 heterocycles. The number of hydrogen-bond acceptors (Lipinski definition) is 1. The first-order valence-corrected chi connectivity index (χ1v) is 5.68. The van der Waals surface area contributed by atoms with E-state index in [0.29, 0.717) is 6.04 Å². The molecule has 0 aromatic heterocycles. The number of nitrogens with one attached hydrogen (secondary N) is 1. The standard InChI is InChI=1S/C15H17N.ClH/c1-13(15-10-6-3-7-11-15)16-12-14-8-4-2-5-9-14;/h2-11,13,16H,12H2,1H3;1H/t13-;/m1./s1. The highest BCUT2D eigenvalue weighted by Crippen LogP contribution is 2.11. The molecule has 1 nitrogen and oxygen atoms in total. The predicted octanol–water partition coefficient (Wildman–Crippen LogP) is 3.96. The molecule has 1 atom stereocenters. The molecule has 0 spiro atoms. The van der Waals surface area contributed by atoms with Gasteiger partial charge in [0.15, 0.2) is 0 Å². The Kier molecular flexibility index (Phi) is 5.75. The van der Waals surface area contributed by atoms with Gasteiger partial charge >= 0.3 is 0 Å². The van der Waals surface area contributed by atoms with Crippen LogP contribution in [0.5, 0.6) is 0 Å². The second kappa shape index (κ2) is 7.10. The first-order chi connectivity index (χ1) is 7.86. The summed E-state index contributed by atoms with van der Waals surface area (Å²) in [4.78, 5) is 0. The van der Waals surface area contributed by atoms with Crippen LogP contribution in [0.2, 0.25) is 0 Å². The smallest absolute Gasteiger partial charge is 0.0294 e. The highest BCUT2D eigenvalue weighted by molar-refractivity contribution is 5.85. The summed E-state index contributed by atoms with van der Waals surface area (Å²) < 4.78 is 0. The second-order valence-electron chi connectivity index (χ2n) is 4.00. The van der Waals surface area contributed by atoms with Gasteiger partial charge in [0.1, 0.15) is 0 Å². The maximum Gasteiger partial charge on any atom is 0.0294 e. The van der Waals surface area contributed by atoms with Gasteiger partial charge in [-0.1, -0.05) is 60.7 Å². The first-order valence-electron chi connectivity index (χ1n) is 5.68. The Labute approximate surface area is 109 Å². The molecular formula is C15H18ClN. The third-order valence-electron chi connectivity index (χ3n) is 2.75. The Morgan fingerprint density at radius 3 is 2.00 bits per heavy atom. The van der Waals surface area contributed by atoms with Crippen LogP contribution in [-0.2, 0) is 6.54 Å². The molecule has 17 heavy (non-hydrogen) atoms. The van der Waals surface area contributed by atoms with Crippen molar-refractivity contribution in [2.75, 3.05) is 0 Å². The van der Waals surface area contributed by atoms with Crippen LogP contribution in [0.4, 0.5) is 0 Å². The summed E-state index contributed by atoms with van der Waals surface area (Å²) in [6.07, 6.45) is 0. The van der Waals surface area contributed by atoms with Gasteiger partial charge in [-0.25, -0.2) is 0 Å². The molecule has 0 bridgehead atoms. The zero-order valence-corrected chi connectivity index (χ0v) is 10.8. The van der Waals surface area contributed by atoms with Crippen LogP contribution < -0.4 is 5.32 Å². The summed E-state index contributed by atoms with van der Waals surface area (Å²) in [5, 5.41) is 3.52. The van der Waals surface area contributed by atoms with E-state index in [4.69, 9.17) is 0 Å². The minimum Gasteiger partial charge on any atom is -0.306 e. The van der Waals surface area contributed by atoms with Gasteiger partial charge in [-0.3, -0.25) is 0 Å². The molecule has 0 saturated heterocycles. The fraction of sp³-hybridized carbons (Fsp3) is 0.200. The monoisotopic (exact) mass is 247 g/mol. The minimum absolute atomic E-state index is 0. The Balaban J connectivity index is 0.00000144. The normalized spacial score (nSPS) is 11.6. The van der Waals surface area contributed by atoms with Crippen LogP contribution in [-0.4, -0.2) is 0 Å². The van der Waals surface area contributed by atoms with Gasteiger partial charge in [0.25, 0.3) is 0 Å². The summed E-state index contributed by atoms with van der Waals surface area (Å²) in [6, 6.07) is 21.4. The molecule has 90 valence electrons. The van der Waals surface area contributed by atoms with Crippen LogP contribution in [0.3, 0.4) is 0 Å². The maximum atomic E-state index is 3.52. The average Bonchev–Trinajstić information content (AvgIpc) is 2.38. The van der Waals surface area contributed by atoms with Crippen LogP contribution >= 0.6 is 12.4 Å². The largest absolute Gasteiger partial charge is 0.306 e. The topological polar surface area (TPSA) is 12.0 Å². The number of benzene rings is 2. The number of hydrogen-bond donors (Lipinski definition) is 1. The van der Waals surface area contributed by atoms with E-state index in [9.17, 15) is 0 Å². The summed E-state index contributed by atoms with van der Waals surface area (Å²) in [5.41, 5.74) is 2.66. The molecule has 0 radical (unpaired) electrons. The molecule has 0 unspecified atom stereocenters. The summed E-state index contributed by atoms with van der Waals surface area (Å²) in [6.45, 7) is 3.11. The van der Waals surface area contributed by atoms with Gasteiger partial charge < -0.3 is 5.32 Å². The van der Waals surface area contributed by atoms with Crippen LogP contribution in [0.15, 0.2) is 60.7 Å². The summed E-state index contributed by atoms with van der Waals surface area (Å²) >= 11 is 0. The summed E-state index contributed by atoms with van der Waals surface area (Å²) in [7, 11) is 0. The molecule has 1 N–H and O–H groups in total. The lowest BCUT2D eigenvalue weighted by Gasteiger charge is -2.14. The maximum absolute atomic E-state index is 3.52. The van der Waals surface area contributed by atoms with E-state index in [2.05, 4.69) is 60.8 Å². The van der Waals surface area contributed by atoms with Gasteiger partial charge in [0.2, 0.25) is 0 Å². The van der Waals surface area contributed by atoms with Crippen molar-refractivity contribution in [3.8, 4) is 0 Å². The van der Waals surface area contributed by atoms with Crippen LogP contribution in [0.1, 0.15) is 24.1 Å². The van der Waals surface area contributed by atoms with E-state index in [0.717, 1.165) is 6.54 Å². The van der Waals surface area contributed by atoms with E-state index in [1.807, 2.05) is 12.1 Å². The first kappa shape index (κ1) is 13.8. The zero-order valence-electron chi connectivity index (χ0n) is 9.97. The third-order valence-corrected chi connectivity index (χ3v) is 2.75. The van der Waals surface area contributed by atoms with Gasteiger partial charge in [-0.05, 0) is 18.1 Å². The summed E-state index contributed by atoms with van der Waals surface area (Å²) in [5.74, 6) is 0. The van der Waals surface area contributed by atoms with Gasteiger partial charge in [0.05, 0.1) is 0 Å². The quantitative estimate of drug-likeness (QED) is 0.863. The van der Waals surface area contributed by atoms with Crippen molar-refractivity contribution in [2.24, 2.45) is 0 Å². The van der Waals surface area contributed by atoms with Crippen molar-refractivity contribution in [2.45, 2.75) is 19.5 Å². The molecular weight excluding hydrogens is 230 g/mol. The lowest BCUT2D eigenvalue weighted by atomic mass is 10.1. The highest BCUT2D eigenvalue weighted by Gasteiger charge is 2.02. The zero-order chi connectivity index (χ0) is 11.2. The van der Waals surface area contributed by atoms with Gasteiger partial charge in [0, 0.05) is 12.6 Å². The Hall–Kier alpha value is -1.31. The predicted molar refractivity (Wildman–Crippen MR) is 75.4 cm³/mol. The molecule has 0 aliphatic rings. The van der Waals surface area contributed by atoms with Crippen molar-refractivity contribution in [1.82, 2.24) is 5.32 Å². The van der Waals surface area contributed by atoms with Crippen molar-refractivity contribution in [1.29, 1.82) is 0 Å². The average molecular weight is 248 g/mol. The van der Waals surface area contributed by atoms with E-state index < -0.39 is 0 Å². The van der Waals surface area contributed by atoms with Gasteiger partial charge in [-0.2, -0.15) is 0 Å². The van der Waals surface area contributed by atoms with Crippen molar-refractivity contribution in [3.05, 3.63) is 71.8 Å². The molecule has 0 fully saturated rings. The second-order valence-corrected chi connectivity index (χ2v) is 4.00. The molecule has 0 aliphatic heterocycles. The molecule has 2 aromatic carbocycles. The Morgan fingerprint density at radius 1 is 0.882 bits per heavy atom. The molecule has 0 aliphatic carbocycles. The van der Waals surface area contributed by atoms with Crippen LogP contribution in [0, 0.1) is 0 Å². The van der Waals surface area contributed by atoms with Crippen molar-refractivity contribution < 1.29 is 0 Å². The molecule has 2 rings (SSSR count). The minimum atomic E-state index is 0. The van der Waals surface area contributed by atoms with E-state index in [-0.39, 0.29) is 12.4 Å². The SMILES string of the molecule is C[C@@H](NCc1ccccc1)c1ccccc1.Cl. The number of rotatable bonds is 4.